The molecule has 1 aliphatic rings. The minimum Gasteiger partial charge on any atom is -0.341 e. The smallest absolute Gasteiger partial charge is 0.341 e. The van der Waals surface area contributed by atoms with Crippen molar-refractivity contribution in [3.63, 3.8) is 0 Å². The molecule has 0 radical (unpaired) electrons. The predicted octanol–water partition coefficient (Wildman–Crippen LogP) is 0.225. The zero-order valence-electron chi connectivity index (χ0n) is 14.6. The van der Waals surface area contributed by atoms with Gasteiger partial charge < -0.3 is 15.4 Å². The summed E-state index contributed by atoms with van der Waals surface area (Å²) in [5.41, 5.74) is 1.93. The molecule has 0 aromatic rings. The largest absolute Gasteiger partial charge is 0.355 e. The molecule has 2 atom stereocenters. The van der Waals surface area contributed by atoms with Gasteiger partial charge in [-0.05, 0) is 30.8 Å². The van der Waals surface area contributed by atoms with Crippen LogP contribution in [0.25, 0.3) is 0 Å². The number of carbonyl (C=O) groups excluding carboxylic acids is 4. The number of amides is 3. The van der Waals surface area contributed by atoms with Crippen molar-refractivity contribution in [3.8, 4) is 0 Å². The van der Waals surface area contributed by atoms with Crippen molar-refractivity contribution in [3.05, 3.63) is 0 Å². The van der Waals surface area contributed by atoms with E-state index in [1.807, 2.05) is 25.6 Å². The van der Waals surface area contributed by atoms with Gasteiger partial charge in [0.2, 0.25) is 5.91 Å². The number of carbonyl (C=O) groups is 4. The van der Waals surface area contributed by atoms with Gasteiger partial charge in [0.15, 0.2) is 0 Å². The number of nitrogens with one attached hydrogen (secondary N) is 2. The lowest BCUT2D eigenvalue weighted by Gasteiger charge is -2.23. The molecule has 0 saturated carbocycles. The minimum atomic E-state index is -1.03. The van der Waals surface area contributed by atoms with Crippen molar-refractivity contribution in [2.45, 2.75) is 51.6 Å². The summed E-state index contributed by atoms with van der Waals surface area (Å²) in [6.07, 6.45) is 2.50. The van der Waals surface area contributed by atoms with E-state index in [-0.39, 0.29) is 25.2 Å². The molecular formula is C15H25N3O6S. The molecule has 10 heteroatoms. The Labute approximate surface area is 150 Å². The van der Waals surface area contributed by atoms with Crippen LogP contribution >= 0.6 is 11.8 Å². The molecule has 0 aliphatic carbocycles. The lowest BCUT2D eigenvalue weighted by molar-refractivity contribution is -0.199. The Hall–Kier alpha value is -1.65. The molecular weight excluding hydrogens is 350 g/mol. The number of hydroxylamine groups is 3. The number of nitrogens with zero attached hydrogens (tertiary/aromatic N) is 1. The van der Waals surface area contributed by atoms with Crippen LogP contribution in [0.2, 0.25) is 0 Å². The van der Waals surface area contributed by atoms with Gasteiger partial charge in [0.05, 0.1) is 0 Å². The van der Waals surface area contributed by atoms with Crippen molar-refractivity contribution in [2.75, 3.05) is 12.0 Å². The Kier molecular flexibility index (Phi) is 8.87. The highest BCUT2D eigenvalue weighted by Crippen LogP contribution is 2.15. The highest BCUT2D eigenvalue weighted by Gasteiger charge is 2.36. The Morgan fingerprint density at radius 2 is 1.84 bits per heavy atom. The van der Waals surface area contributed by atoms with Crippen molar-refractivity contribution < 1.29 is 29.2 Å². The second-order valence-corrected chi connectivity index (χ2v) is 7.13. The Bertz CT molecular complexity index is 497. The summed E-state index contributed by atoms with van der Waals surface area (Å²) in [6, 6.07) is -1.90. The Morgan fingerprint density at radius 1 is 1.24 bits per heavy atom. The molecule has 0 aromatic heterocycles. The van der Waals surface area contributed by atoms with Gasteiger partial charge in [-0.1, -0.05) is 13.8 Å². The van der Waals surface area contributed by atoms with Crippen LogP contribution in [-0.2, 0) is 24.0 Å². The van der Waals surface area contributed by atoms with E-state index in [4.69, 9.17) is 10.0 Å². The number of hydrogen-bond acceptors (Lipinski definition) is 8. The zero-order chi connectivity index (χ0) is 19.0. The monoisotopic (exact) mass is 375 g/mol. The van der Waals surface area contributed by atoms with Crippen molar-refractivity contribution in [2.24, 2.45) is 5.92 Å². The normalized spacial score (nSPS) is 16.9. The first kappa shape index (κ1) is 21.4. The Balaban J connectivity index is 2.74. The van der Waals surface area contributed by atoms with Crippen LogP contribution in [0, 0.1) is 5.92 Å². The van der Waals surface area contributed by atoms with Gasteiger partial charge in [-0.3, -0.25) is 14.4 Å². The molecule has 9 nitrogen and oxygen atoms in total. The standard InChI is InChI=1S/C15H25N3O6S/c1-9(2)8-11(16-14(21)10(17-23)6-7-25-3)15(22)24-18-12(19)4-5-13(18)20/h9-11,17,23H,4-8H2,1-3H3,(H,16,21)/t10-,11-/m0/s1. The van der Waals surface area contributed by atoms with Gasteiger partial charge in [0.1, 0.15) is 12.1 Å². The van der Waals surface area contributed by atoms with E-state index in [2.05, 4.69) is 5.32 Å². The Morgan fingerprint density at radius 3 is 2.32 bits per heavy atom. The average Bonchev–Trinajstić information content (AvgIpc) is 2.86. The zero-order valence-corrected chi connectivity index (χ0v) is 15.4. The lowest BCUT2D eigenvalue weighted by Crippen LogP contribution is -2.51. The average molecular weight is 375 g/mol. The molecule has 0 aromatic carbocycles. The van der Waals surface area contributed by atoms with Crippen LogP contribution in [0.1, 0.15) is 39.5 Å². The maximum atomic E-state index is 12.3. The molecule has 1 saturated heterocycles. The molecule has 0 bridgehead atoms. The third kappa shape index (κ3) is 6.63. The van der Waals surface area contributed by atoms with Gasteiger partial charge >= 0.3 is 5.97 Å². The first-order valence-corrected chi connectivity index (χ1v) is 9.46. The molecule has 3 amide bonds. The van der Waals surface area contributed by atoms with Gasteiger partial charge in [-0.25, -0.2) is 4.79 Å². The van der Waals surface area contributed by atoms with Crippen LogP contribution in [0.15, 0.2) is 0 Å². The molecule has 0 spiro atoms. The van der Waals surface area contributed by atoms with Crippen molar-refractivity contribution in [1.82, 2.24) is 15.9 Å². The number of imide groups is 1. The van der Waals surface area contributed by atoms with E-state index in [1.54, 1.807) is 0 Å². The first-order valence-electron chi connectivity index (χ1n) is 8.06. The van der Waals surface area contributed by atoms with Crippen molar-refractivity contribution in [1.29, 1.82) is 0 Å². The van der Waals surface area contributed by atoms with Crippen LogP contribution < -0.4 is 10.8 Å². The summed E-state index contributed by atoms with van der Waals surface area (Å²) in [5, 5.41) is 12.1. The van der Waals surface area contributed by atoms with E-state index >= 15 is 0 Å². The van der Waals surface area contributed by atoms with Crippen molar-refractivity contribution >= 4 is 35.5 Å². The summed E-state index contributed by atoms with van der Waals surface area (Å²) < 4.78 is 0. The number of hydrogen-bond donors (Lipinski definition) is 3. The third-order valence-corrected chi connectivity index (χ3v) is 4.22. The van der Waals surface area contributed by atoms with Gasteiger partial charge in [0.25, 0.3) is 11.8 Å². The second kappa shape index (κ2) is 10.4. The quantitative estimate of drug-likeness (QED) is 0.366. The van der Waals surface area contributed by atoms with E-state index in [1.165, 1.54) is 11.8 Å². The maximum Gasteiger partial charge on any atom is 0.355 e. The van der Waals surface area contributed by atoms with Crippen LogP contribution in [0.3, 0.4) is 0 Å². The van der Waals surface area contributed by atoms with Gasteiger partial charge in [-0.15, -0.1) is 5.06 Å². The molecule has 3 N–H and O–H groups in total. The van der Waals surface area contributed by atoms with Gasteiger partial charge in [0, 0.05) is 12.8 Å². The van der Waals surface area contributed by atoms with Crippen LogP contribution in [0.4, 0.5) is 0 Å². The van der Waals surface area contributed by atoms with E-state index in [9.17, 15) is 19.2 Å². The number of thioether (sulfide) groups is 1. The number of rotatable bonds is 10. The molecule has 1 fully saturated rings. The second-order valence-electron chi connectivity index (χ2n) is 6.15. The predicted molar refractivity (Wildman–Crippen MR) is 90.3 cm³/mol. The summed E-state index contributed by atoms with van der Waals surface area (Å²) in [5.74, 6) is -1.91. The lowest BCUT2D eigenvalue weighted by atomic mass is 10.0. The summed E-state index contributed by atoms with van der Waals surface area (Å²) in [4.78, 5) is 52.6. The highest BCUT2D eigenvalue weighted by atomic mass is 32.2. The molecule has 1 rings (SSSR count). The van der Waals surface area contributed by atoms with E-state index in [0.717, 1.165) is 0 Å². The van der Waals surface area contributed by atoms with Gasteiger partial charge in [-0.2, -0.15) is 17.2 Å². The summed E-state index contributed by atoms with van der Waals surface area (Å²) in [7, 11) is 0. The molecule has 142 valence electrons. The fraction of sp³-hybridized carbons (Fsp3) is 0.733. The molecule has 1 heterocycles. The topological polar surface area (TPSA) is 125 Å². The highest BCUT2D eigenvalue weighted by molar-refractivity contribution is 7.98. The summed E-state index contributed by atoms with van der Waals surface area (Å²) in [6.45, 7) is 3.71. The summed E-state index contributed by atoms with van der Waals surface area (Å²) >= 11 is 1.52. The van der Waals surface area contributed by atoms with E-state index < -0.39 is 35.8 Å². The van der Waals surface area contributed by atoms with Crippen LogP contribution in [0.5, 0.6) is 0 Å². The fourth-order valence-electron chi connectivity index (χ4n) is 2.26. The van der Waals surface area contributed by atoms with Crippen LogP contribution in [-0.4, -0.2) is 58.1 Å². The maximum absolute atomic E-state index is 12.3. The first-order chi connectivity index (χ1) is 11.8. The third-order valence-electron chi connectivity index (χ3n) is 3.58. The fourth-order valence-corrected chi connectivity index (χ4v) is 2.73. The molecule has 25 heavy (non-hydrogen) atoms. The minimum absolute atomic E-state index is 0.00148. The SMILES string of the molecule is CSCC[C@H](NO)C(=O)N[C@@H](CC(C)C)C(=O)ON1C(=O)CCC1=O. The molecule has 0 unspecified atom stereocenters. The van der Waals surface area contributed by atoms with E-state index in [0.29, 0.717) is 17.2 Å². The molecule has 1 aliphatic heterocycles.